The molecule has 0 radical (unpaired) electrons. The molecule has 0 amide bonds. The van der Waals surface area contributed by atoms with E-state index in [2.05, 4.69) is 4.98 Å². The molecule has 0 saturated carbocycles. The zero-order chi connectivity index (χ0) is 9.30. The highest BCUT2D eigenvalue weighted by Crippen LogP contribution is 2.10. The molecule has 1 aromatic heterocycles. The first-order valence-electron chi connectivity index (χ1n) is 3.97. The third-order valence-electron chi connectivity index (χ3n) is 2.36. The molecule has 1 rings (SSSR count). The topological polar surface area (TPSA) is 58.9 Å². The Balaban J connectivity index is 3.52. The van der Waals surface area contributed by atoms with Gasteiger partial charge in [0.15, 0.2) is 0 Å². The first-order chi connectivity index (χ1) is 5.57. The van der Waals surface area contributed by atoms with Crippen molar-refractivity contribution in [3.8, 4) is 0 Å². The van der Waals surface area contributed by atoms with Gasteiger partial charge in [-0.2, -0.15) is 0 Å². The zero-order valence-electron chi connectivity index (χ0n) is 7.69. The molecule has 0 aliphatic heterocycles. The van der Waals surface area contributed by atoms with Crippen LogP contribution in [0.1, 0.15) is 22.4 Å². The van der Waals surface area contributed by atoms with Crippen LogP contribution in [0.4, 0.5) is 0 Å². The van der Waals surface area contributed by atoms with Crippen LogP contribution in [-0.4, -0.2) is 4.98 Å². The third kappa shape index (κ3) is 1.28. The summed E-state index contributed by atoms with van der Waals surface area (Å²) in [6.07, 6.45) is 0. The van der Waals surface area contributed by atoms with Gasteiger partial charge >= 0.3 is 0 Å². The first-order valence-corrected chi connectivity index (χ1v) is 3.97. The van der Waals surface area contributed by atoms with E-state index in [0.717, 1.165) is 16.8 Å². The van der Waals surface area contributed by atoms with Crippen molar-refractivity contribution in [3.05, 3.63) is 32.7 Å². The molecule has 0 aromatic carbocycles. The highest BCUT2D eigenvalue weighted by atomic mass is 16.1. The van der Waals surface area contributed by atoms with E-state index >= 15 is 0 Å². The average molecular weight is 166 g/mol. The SMILES string of the molecule is Cc1[nH]c(=O)c(CN)c(C)c1C. The Morgan fingerprint density at radius 2 is 1.83 bits per heavy atom. The number of nitrogens with one attached hydrogen (secondary N) is 1. The highest BCUT2D eigenvalue weighted by molar-refractivity contribution is 5.33. The van der Waals surface area contributed by atoms with Crippen molar-refractivity contribution in [2.75, 3.05) is 0 Å². The van der Waals surface area contributed by atoms with E-state index in [9.17, 15) is 4.79 Å². The number of aromatic amines is 1. The number of rotatable bonds is 1. The van der Waals surface area contributed by atoms with Crippen LogP contribution < -0.4 is 11.3 Å². The molecule has 0 atom stereocenters. The average Bonchev–Trinajstić information content (AvgIpc) is 2.01. The summed E-state index contributed by atoms with van der Waals surface area (Å²) < 4.78 is 0. The van der Waals surface area contributed by atoms with Crippen molar-refractivity contribution in [2.45, 2.75) is 27.3 Å². The van der Waals surface area contributed by atoms with E-state index in [1.54, 1.807) is 0 Å². The smallest absolute Gasteiger partial charge is 0.252 e. The molecule has 1 aromatic rings. The van der Waals surface area contributed by atoms with Crippen LogP contribution in [0.2, 0.25) is 0 Å². The Morgan fingerprint density at radius 3 is 2.33 bits per heavy atom. The molecular formula is C9H14N2O. The van der Waals surface area contributed by atoms with E-state index < -0.39 is 0 Å². The van der Waals surface area contributed by atoms with Gasteiger partial charge in [0.2, 0.25) is 0 Å². The second-order valence-electron chi connectivity index (χ2n) is 3.01. The molecule has 0 saturated heterocycles. The molecule has 0 bridgehead atoms. The normalized spacial score (nSPS) is 10.3. The van der Waals surface area contributed by atoms with Crippen LogP contribution in [0.5, 0.6) is 0 Å². The molecule has 0 spiro atoms. The van der Waals surface area contributed by atoms with Gasteiger partial charge in [-0.05, 0) is 31.9 Å². The number of pyridine rings is 1. The second-order valence-corrected chi connectivity index (χ2v) is 3.01. The quantitative estimate of drug-likeness (QED) is 0.647. The van der Waals surface area contributed by atoms with Crippen LogP contribution in [0.3, 0.4) is 0 Å². The van der Waals surface area contributed by atoms with Gasteiger partial charge < -0.3 is 10.7 Å². The zero-order valence-corrected chi connectivity index (χ0v) is 7.69. The number of hydrogen-bond acceptors (Lipinski definition) is 2. The summed E-state index contributed by atoms with van der Waals surface area (Å²) in [5.41, 5.74) is 9.14. The van der Waals surface area contributed by atoms with Crippen molar-refractivity contribution >= 4 is 0 Å². The van der Waals surface area contributed by atoms with Crippen LogP contribution in [0.15, 0.2) is 4.79 Å². The minimum atomic E-state index is -0.0573. The Morgan fingerprint density at radius 1 is 1.25 bits per heavy atom. The van der Waals surface area contributed by atoms with Crippen molar-refractivity contribution in [2.24, 2.45) is 5.73 Å². The Hall–Kier alpha value is -1.09. The maximum atomic E-state index is 11.3. The maximum absolute atomic E-state index is 11.3. The van der Waals surface area contributed by atoms with Crippen LogP contribution in [-0.2, 0) is 6.54 Å². The van der Waals surface area contributed by atoms with Crippen molar-refractivity contribution in [1.82, 2.24) is 4.98 Å². The molecule has 3 N–H and O–H groups in total. The lowest BCUT2D eigenvalue weighted by atomic mass is 10.0. The van der Waals surface area contributed by atoms with Crippen LogP contribution >= 0.6 is 0 Å². The maximum Gasteiger partial charge on any atom is 0.252 e. The largest absolute Gasteiger partial charge is 0.326 e. The lowest BCUT2D eigenvalue weighted by Gasteiger charge is -2.07. The minimum Gasteiger partial charge on any atom is -0.326 e. The van der Waals surface area contributed by atoms with Gasteiger partial charge in [-0.25, -0.2) is 0 Å². The van der Waals surface area contributed by atoms with Crippen LogP contribution in [0, 0.1) is 20.8 Å². The predicted octanol–water partition coefficient (Wildman–Crippen LogP) is 0.759. The summed E-state index contributed by atoms with van der Waals surface area (Å²) >= 11 is 0. The van der Waals surface area contributed by atoms with E-state index in [4.69, 9.17) is 5.73 Å². The molecular weight excluding hydrogens is 152 g/mol. The lowest BCUT2D eigenvalue weighted by Crippen LogP contribution is -2.20. The van der Waals surface area contributed by atoms with Gasteiger partial charge in [-0.15, -0.1) is 0 Å². The van der Waals surface area contributed by atoms with Gasteiger partial charge in [0.25, 0.3) is 5.56 Å². The third-order valence-corrected chi connectivity index (χ3v) is 2.36. The van der Waals surface area contributed by atoms with E-state index in [0.29, 0.717) is 12.1 Å². The minimum absolute atomic E-state index is 0.0573. The molecule has 3 heteroatoms. The fraction of sp³-hybridized carbons (Fsp3) is 0.444. The molecule has 0 fully saturated rings. The molecule has 0 unspecified atom stereocenters. The van der Waals surface area contributed by atoms with E-state index in [1.807, 2.05) is 20.8 Å². The Bertz CT molecular complexity index is 352. The Labute approximate surface area is 71.6 Å². The van der Waals surface area contributed by atoms with Gasteiger partial charge in [0, 0.05) is 17.8 Å². The second kappa shape index (κ2) is 3.11. The number of aromatic nitrogens is 1. The van der Waals surface area contributed by atoms with Crippen molar-refractivity contribution in [3.63, 3.8) is 0 Å². The summed E-state index contributed by atoms with van der Waals surface area (Å²) in [4.78, 5) is 14.1. The molecule has 3 nitrogen and oxygen atoms in total. The van der Waals surface area contributed by atoms with E-state index in [1.165, 1.54) is 0 Å². The number of H-pyrrole nitrogens is 1. The molecule has 0 aliphatic rings. The summed E-state index contributed by atoms with van der Waals surface area (Å²) in [6, 6.07) is 0. The van der Waals surface area contributed by atoms with Gasteiger partial charge in [-0.1, -0.05) is 0 Å². The Kier molecular flexibility index (Phi) is 2.33. The van der Waals surface area contributed by atoms with Crippen molar-refractivity contribution < 1.29 is 0 Å². The fourth-order valence-electron chi connectivity index (χ4n) is 1.26. The highest BCUT2D eigenvalue weighted by Gasteiger charge is 2.06. The number of hydrogen-bond donors (Lipinski definition) is 2. The summed E-state index contributed by atoms with van der Waals surface area (Å²) in [5.74, 6) is 0. The fourth-order valence-corrected chi connectivity index (χ4v) is 1.26. The summed E-state index contributed by atoms with van der Waals surface area (Å²) in [7, 11) is 0. The standard InChI is InChI=1S/C9H14N2O/c1-5-6(2)8(4-10)9(12)11-7(5)3/h4,10H2,1-3H3,(H,11,12). The summed E-state index contributed by atoms with van der Waals surface area (Å²) in [5, 5.41) is 0. The molecule has 66 valence electrons. The monoisotopic (exact) mass is 166 g/mol. The number of aryl methyl sites for hydroxylation is 1. The predicted molar refractivity (Wildman–Crippen MR) is 49.2 cm³/mol. The van der Waals surface area contributed by atoms with Gasteiger partial charge in [-0.3, -0.25) is 4.79 Å². The van der Waals surface area contributed by atoms with Gasteiger partial charge in [0.05, 0.1) is 0 Å². The molecule has 12 heavy (non-hydrogen) atoms. The number of nitrogens with two attached hydrogens (primary N) is 1. The van der Waals surface area contributed by atoms with Crippen molar-refractivity contribution in [1.29, 1.82) is 0 Å². The molecule has 1 heterocycles. The summed E-state index contributed by atoms with van der Waals surface area (Å²) in [6.45, 7) is 6.12. The van der Waals surface area contributed by atoms with E-state index in [-0.39, 0.29) is 5.56 Å². The molecule has 0 aliphatic carbocycles. The first kappa shape index (κ1) is 9.00. The van der Waals surface area contributed by atoms with Crippen LogP contribution in [0.25, 0.3) is 0 Å². The lowest BCUT2D eigenvalue weighted by molar-refractivity contribution is 0.957. The van der Waals surface area contributed by atoms with Gasteiger partial charge in [0.1, 0.15) is 0 Å².